The number of fused-ring (bicyclic) bond motifs is 1. The maximum absolute atomic E-state index is 14.6. The molecule has 2 saturated heterocycles. The van der Waals surface area contributed by atoms with Gasteiger partial charge >= 0.3 is 5.97 Å². The molecule has 444 valence electrons. The van der Waals surface area contributed by atoms with Crippen molar-refractivity contribution >= 4 is 65.0 Å². The normalized spacial score (nSPS) is 27.3. The van der Waals surface area contributed by atoms with Crippen molar-refractivity contribution in [2.24, 2.45) is 17.8 Å². The lowest BCUT2D eigenvalue weighted by atomic mass is 10.0. The highest BCUT2D eigenvalue weighted by atomic mass is 16.4. The van der Waals surface area contributed by atoms with Gasteiger partial charge in [-0.3, -0.25) is 52.7 Å². The molecule has 2 saturated carbocycles. The molecule has 3 unspecified atom stereocenters. The number of nitrogens with one attached hydrogen (secondary N) is 11. The van der Waals surface area contributed by atoms with Crippen LogP contribution in [-0.4, -0.2) is 165 Å². The Morgan fingerprint density at radius 2 is 1.28 bits per heavy atom. The van der Waals surface area contributed by atoms with Crippen molar-refractivity contribution in [2.45, 2.75) is 191 Å². The van der Waals surface area contributed by atoms with Crippen LogP contribution in [0.5, 0.6) is 0 Å². The second kappa shape index (κ2) is 29.3. The SMILES string of the molecule is CC[C@@H]1NC(=O)[C@H](CCC(=O)O)NC(=O)CNC(=O)C(C(C)C)NC(=O)[C@H](Cc2c[nH]cn2)NC(=O)C(C2CC2)NC(=O)[C@H]2CCCN2C(=O)[C@@H](NC(C)(C)C)CCCNC(=O)[C@H](CCc2ccccc2)NC(=O)C(C2CC2)NC1=O. The van der Waals surface area contributed by atoms with Gasteiger partial charge in [-0.05, 0) is 121 Å². The number of benzene rings is 1. The number of hydrogen-bond donors (Lipinski definition) is 12. The summed E-state index contributed by atoms with van der Waals surface area (Å²) in [7, 11) is 0. The number of amides is 10. The molecule has 25 heteroatoms. The van der Waals surface area contributed by atoms with Crippen molar-refractivity contribution in [2.75, 3.05) is 19.6 Å². The molecule has 0 radical (unpaired) electrons. The first-order valence-electron chi connectivity index (χ1n) is 28.5. The van der Waals surface area contributed by atoms with E-state index in [0.717, 1.165) is 5.56 Å². The molecule has 0 spiro atoms. The highest BCUT2D eigenvalue weighted by Crippen LogP contribution is 2.34. The first kappa shape index (κ1) is 62.8. The molecular formula is C56H83N13O12. The van der Waals surface area contributed by atoms with Crippen molar-refractivity contribution in [1.29, 1.82) is 0 Å². The number of carbonyl (C=O) groups excluding carboxylic acids is 10. The molecule has 2 aliphatic heterocycles. The largest absolute Gasteiger partial charge is 0.481 e. The summed E-state index contributed by atoms with van der Waals surface area (Å²) in [4.78, 5) is 161. The number of nitrogens with zero attached hydrogens (tertiary/aromatic N) is 2. The van der Waals surface area contributed by atoms with Crippen molar-refractivity contribution in [1.82, 2.24) is 68.0 Å². The Kier molecular flexibility index (Phi) is 22.7. The van der Waals surface area contributed by atoms with Gasteiger partial charge in [0.2, 0.25) is 59.1 Å². The number of carbonyl (C=O) groups is 11. The van der Waals surface area contributed by atoms with Gasteiger partial charge in [0.05, 0.1) is 24.6 Å². The average molecular weight is 1130 g/mol. The van der Waals surface area contributed by atoms with Crippen molar-refractivity contribution in [3.63, 3.8) is 0 Å². The monoisotopic (exact) mass is 1130 g/mol. The molecule has 4 aliphatic rings. The van der Waals surface area contributed by atoms with E-state index in [2.05, 4.69) is 63.1 Å². The predicted octanol–water partition coefficient (Wildman–Crippen LogP) is -0.497. The second-order valence-corrected chi connectivity index (χ2v) is 23.1. The standard InChI is InChI=1S/C56H83N13O12/c1-7-36-48(74)66-45(33-18-19-33)53(79)63-37(22-17-32-13-9-8-10-14-32)47(73)58-25-11-15-39(68-56(4,5)6)55(81)69-26-12-16-41(69)51(77)67-46(34-20-21-34)54(80)64-40(27-35-28-57-30-60-35)50(76)65-44(31(2)3)52(78)59-29-42(70)61-38(49(75)62-36)23-24-43(71)72/h8-10,13-14,28,30-31,33-34,36-41,44-46,68H,7,11-12,15-27,29H2,1-6H3,(H,57,60)(H,58,73)(H,59,78)(H,61,70)(H,62,75)(H,63,79)(H,64,80)(H,65,76)(H,66,74)(H,67,77)(H,71,72)/t36-,37-,38-,39-,40-,41+,44?,45?,46?/m0/s1. The Morgan fingerprint density at radius 1 is 0.679 bits per heavy atom. The van der Waals surface area contributed by atoms with Gasteiger partial charge in [0.15, 0.2) is 0 Å². The van der Waals surface area contributed by atoms with Crippen LogP contribution < -0.4 is 53.2 Å². The summed E-state index contributed by atoms with van der Waals surface area (Å²) in [6.45, 7) is 10.3. The molecule has 0 bridgehead atoms. The number of aliphatic carboxylic acids is 1. The van der Waals surface area contributed by atoms with Crippen LogP contribution in [0, 0.1) is 17.8 Å². The van der Waals surface area contributed by atoms with Crippen LogP contribution >= 0.6 is 0 Å². The van der Waals surface area contributed by atoms with Crippen LogP contribution in [-0.2, 0) is 65.6 Å². The maximum Gasteiger partial charge on any atom is 0.303 e. The third-order valence-electron chi connectivity index (χ3n) is 14.9. The van der Waals surface area contributed by atoms with Gasteiger partial charge in [-0.2, -0.15) is 0 Å². The van der Waals surface area contributed by atoms with Crippen LogP contribution in [0.4, 0.5) is 0 Å². The molecule has 6 rings (SSSR count). The highest BCUT2D eigenvalue weighted by molar-refractivity contribution is 5.98. The summed E-state index contributed by atoms with van der Waals surface area (Å²) in [5.41, 5.74) is 0.768. The number of hydrogen-bond acceptors (Lipinski definition) is 13. The summed E-state index contributed by atoms with van der Waals surface area (Å²) in [6, 6.07) is -0.851. The minimum atomic E-state index is -1.49. The van der Waals surface area contributed by atoms with Gasteiger partial charge < -0.3 is 68.2 Å². The lowest BCUT2D eigenvalue weighted by molar-refractivity contribution is -0.141. The molecule has 3 heterocycles. The first-order chi connectivity index (χ1) is 38.5. The summed E-state index contributed by atoms with van der Waals surface area (Å²) >= 11 is 0. The van der Waals surface area contributed by atoms with E-state index in [1.165, 1.54) is 17.4 Å². The Labute approximate surface area is 472 Å². The molecule has 4 fully saturated rings. The third-order valence-corrected chi connectivity index (χ3v) is 14.9. The van der Waals surface area contributed by atoms with Crippen LogP contribution in [0.1, 0.15) is 130 Å². The lowest BCUT2D eigenvalue weighted by Gasteiger charge is -2.33. The van der Waals surface area contributed by atoms with Crippen molar-refractivity contribution in [3.05, 3.63) is 54.1 Å². The molecule has 10 amide bonds. The van der Waals surface area contributed by atoms with Gasteiger partial charge in [-0.1, -0.05) is 51.1 Å². The Bertz CT molecular complexity index is 2550. The number of aryl methyl sites for hydroxylation is 1. The number of rotatable bonds is 13. The zero-order valence-corrected chi connectivity index (χ0v) is 47.3. The van der Waals surface area contributed by atoms with Crippen LogP contribution in [0.25, 0.3) is 0 Å². The maximum atomic E-state index is 14.6. The molecule has 1 aromatic carbocycles. The Morgan fingerprint density at radius 3 is 1.88 bits per heavy atom. The van der Waals surface area contributed by atoms with Crippen LogP contribution in [0.2, 0.25) is 0 Å². The first-order valence-corrected chi connectivity index (χ1v) is 28.5. The number of carboxylic acids is 1. The van der Waals surface area contributed by atoms with Gasteiger partial charge in [-0.25, -0.2) is 4.98 Å². The summed E-state index contributed by atoms with van der Waals surface area (Å²) in [5, 5.41) is 37.4. The van der Waals surface area contributed by atoms with E-state index >= 15 is 0 Å². The fourth-order valence-electron chi connectivity index (χ4n) is 10.1. The zero-order valence-electron chi connectivity index (χ0n) is 47.3. The molecule has 12 N–H and O–H groups in total. The minimum absolute atomic E-state index is 0.0232. The van der Waals surface area contributed by atoms with E-state index in [0.29, 0.717) is 57.1 Å². The number of carboxylic acid groups (broad SMARTS) is 1. The van der Waals surface area contributed by atoms with Crippen LogP contribution in [0.3, 0.4) is 0 Å². The predicted molar refractivity (Wildman–Crippen MR) is 295 cm³/mol. The molecule has 2 aliphatic carbocycles. The Balaban J connectivity index is 1.28. The minimum Gasteiger partial charge on any atom is -0.481 e. The third kappa shape index (κ3) is 19.4. The number of aromatic nitrogens is 2. The van der Waals surface area contributed by atoms with E-state index < -0.39 is 144 Å². The molecule has 25 nitrogen and oxygen atoms in total. The van der Waals surface area contributed by atoms with Gasteiger partial charge in [0, 0.05) is 37.7 Å². The second-order valence-electron chi connectivity index (χ2n) is 23.1. The molecule has 81 heavy (non-hydrogen) atoms. The van der Waals surface area contributed by atoms with E-state index in [1.54, 1.807) is 20.8 Å². The molecular weight excluding hydrogens is 1050 g/mol. The van der Waals surface area contributed by atoms with Gasteiger partial charge in [0.25, 0.3) is 0 Å². The zero-order chi connectivity index (χ0) is 59.0. The van der Waals surface area contributed by atoms with Gasteiger partial charge in [-0.15, -0.1) is 0 Å². The number of imidazole rings is 1. The smallest absolute Gasteiger partial charge is 0.303 e. The summed E-state index contributed by atoms with van der Waals surface area (Å²) in [5.74, 6) is -9.12. The van der Waals surface area contributed by atoms with E-state index in [9.17, 15) is 57.8 Å². The van der Waals surface area contributed by atoms with Crippen LogP contribution in [0.15, 0.2) is 42.9 Å². The molecule has 1 aromatic heterocycles. The Hall–Kier alpha value is -7.44. The fourth-order valence-corrected chi connectivity index (χ4v) is 10.1. The van der Waals surface area contributed by atoms with Gasteiger partial charge in [0.1, 0.15) is 48.3 Å². The summed E-state index contributed by atoms with van der Waals surface area (Å²) < 4.78 is 0. The average Bonchev–Trinajstić information content (AvgIpc) is 4.42. The number of aromatic amines is 1. The van der Waals surface area contributed by atoms with Crippen molar-refractivity contribution < 1.29 is 57.8 Å². The van der Waals surface area contributed by atoms with E-state index in [-0.39, 0.29) is 56.5 Å². The fraction of sp³-hybridized carbons (Fsp3) is 0.643. The van der Waals surface area contributed by atoms with E-state index in [4.69, 9.17) is 0 Å². The number of H-pyrrole nitrogens is 1. The molecule has 2 aromatic rings. The summed E-state index contributed by atoms with van der Waals surface area (Å²) in [6.07, 6.45) is 6.34. The molecule has 9 atom stereocenters. The highest BCUT2D eigenvalue weighted by Gasteiger charge is 2.44. The quantitative estimate of drug-likeness (QED) is 0.120. The lowest BCUT2D eigenvalue weighted by Crippen LogP contribution is -2.60. The topological polar surface area (TPSA) is 360 Å². The van der Waals surface area contributed by atoms with Crippen molar-refractivity contribution in [3.8, 4) is 0 Å². The van der Waals surface area contributed by atoms with E-state index in [1.807, 2.05) is 51.1 Å².